The minimum absolute atomic E-state index is 0.00123. The summed E-state index contributed by atoms with van der Waals surface area (Å²) in [7, 11) is 1.95. The quantitative estimate of drug-likeness (QED) is 0.290. The Balaban J connectivity index is 2.14. The molecule has 0 atom stereocenters. The highest BCUT2D eigenvalue weighted by atomic mass is 16.6. The van der Waals surface area contributed by atoms with Crippen molar-refractivity contribution in [1.29, 1.82) is 0 Å². The van der Waals surface area contributed by atoms with E-state index in [9.17, 15) is 19.7 Å². The van der Waals surface area contributed by atoms with E-state index in [1.165, 1.54) is 18.2 Å². The maximum absolute atomic E-state index is 13.2. The molecule has 0 fully saturated rings. The Labute approximate surface area is 195 Å². The highest BCUT2D eigenvalue weighted by molar-refractivity contribution is 5.94. The second-order valence-electron chi connectivity index (χ2n) is 9.07. The van der Waals surface area contributed by atoms with E-state index in [1.807, 2.05) is 43.8 Å². The summed E-state index contributed by atoms with van der Waals surface area (Å²) in [6.07, 6.45) is 4.98. The number of carbonyl (C=O) groups is 2. The fraction of sp³-hybridized carbons (Fsp3) is 0.440. The van der Waals surface area contributed by atoms with Gasteiger partial charge >= 0.3 is 0 Å². The maximum Gasteiger partial charge on any atom is 0.269 e. The van der Waals surface area contributed by atoms with Crippen molar-refractivity contribution in [3.63, 3.8) is 0 Å². The Morgan fingerprint density at radius 1 is 1.03 bits per heavy atom. The van der Waals surface area contributed by atoms with Gasteiger partial charge in [-0.3, -0.25) is 19.7 Å². The van der Waals surface area contributed by atoms with Gasteiger partial charge in [-0.05, 0) is 47.7 Å². The average molecular weight is 455 g/mol. The Kier molecular flexibility index (Phi) is 9.39. The van der Waals surface area contributed by atoms with Gasteiger partial charge in [0.15, 0.2) is 0 Å². The first-order valence-electron chi connectivity index (χ1n) is 11.2. The first-order chi connectivity index (χ1) is 15.6. The van der Waals surface area contributed by atoms with E-state index < -0.39 is 4.92 Å². The molecule has 0 bridgehead atoms. The lowest BCUT2D eigenvalue weighted by atomic mass is 10.1. The molecule has 1 aromatic carbocycles. The number of rotatable bonds is 11. The number of benzene rings is 1. The van der Waals surface area contributed by atoms with Crippen LogP contribution in [0, 0.1) is 22.0 Å². The number of nitro benzene ring substituents is 1. The normalized spacial score (nSPS) is 11.4. The summed E-state index contributed by atoms with van der Waals surface area (Å²) in [5.74, 6) is 0.132. The zero-order valence-corrected chi connectivity index (χ0v) is 20.1. The summed E-state index contributed by atoms with van der Waals surface area (Å²) in [4.78, 5) is 39.9. The Morgan fingerprint density at radius 3 is 2.15 bits per heavy atom. The van der Waals surface area contributed by atoms with E-state index in [4.69, 9.17) is 0 Å². The maximum atomic E-state index is 13.2. The van der Waals surface area contributed by atoms with Crippen LogP contribution in [-0.2, 0) is 23.2 Å². The third-order valence-electron chi connectivity index (χ3n) is 5.09. The van der Waals surface area contributed by atoms with Crippen molar-refractivity contribution in [1.82, 2.24) is 14.4 Å². The van der Waals surface area contributed by atoms with Crippen LogP contribution in [0.15, 0.2) is 48.7 Å². The van der Waals surface area contributed by atoms with Gasteiger partial charge in [-0.25, -0.2) is 0 Å². The van der Waals surface area contributed by atoms with Crippen LogP contribution in [-0.4, -0.2) is 50.7 Å². The molecule has 33 heavy (non-hydrogen) atoms. The van der Waals surface area contributed by atoms with Crippen molar-refractivity contribution in [2.75, 3.05) is 19.6 Å². The van der Waals surface area contributed by atoms with Crippen LogP contribution < -0.4 is 0 Å². The fourth-order valence-corrected chi connectivity index (χ4v) is 3.47. The summed E-state index contributed by atoms with van der Waals surface area (Å²) >= 11 is 0. The number of hydrogen-bond acceptors (Lipinski definition) is 4. The Hall–Kier alpha value is -3.42. The number of hydrogen-bond donors (Lipinski definition) is 0. The second kappa shape index (κ2) is 12.0. The van der Waals surface area contributed by atoms with Gasteiger partial charge in [0, 0.05) is 50.2 Å². The van der Waals surface area contributed by atoms with E-state index in [-0.39, 0.29) is 30.0 Å². The van der Waals surface area contributed by atoms with Gasteiger partial charge in [-0.15, -0.1) is 0 Å². The van der Waals surface area contributed by atoms with Crippen molar-refractivity contribution in [3.05, 3.63) is 70.0 Å². The van der Waals surface area contributed by atoms with E-state index in [1.54, 1.807) is 28.0 Å². The van der Waals surface area contributed by atoms with Gasteiger partial charge in [0.25, 0.3) is 5.69 Å². The highest BCUT2D eigenvalue weighted by Gasteiger charge is 2.22. The van der Waals surface area contributed by atoms with Crippen LogP contribution in [0.1, 0.15) is 39.0 Å². The minimum atomic E-state index is -0.465. The molecule has 0 spiro atoms. The van der Waals surface area contributed by atoms with Crippen molar-refractivity contribution < 1.29 is 14.5 Å². The SMILES string of the molecule is CC(C)CN(CC(=O)N(Cc1cccn1C)CC(C)C)C(=O)/C=C/c1ccc([N+](=O)[O-])cc1. The molecule has 2 aromatic rings. The van der Waals surface area contributed by atoms with Crippen molar-refractivity contribution in [2.24, 2.45) is 18.9 Å². The minimum Gasteiger partial charge on any atom is -0.353 e. The fourth-order valence-electron chi connectivity index (χ4n) is 3.47. The summed E-state index contributed by atoms with van der Waals surface area (Å²) in [5, 5.41) is 10.8. The molecule has 0 saturated carbocycles. The molecule has 0 radical (unpaired) electrons. The van der Waals surface area contributed by atoms with Crippen LogP contribution in [0.25, 0.3) is 6.08 Å². The second-order valence-corrected chi connectivity index (χ2v) is 9.07. The number of amides is 2. The van der Waals surface area contributed by atoms with Gasteiger partial charge in [0.05, 0.1) is 11.5 Å². The third-order valence-corrected chi connectivity index (χ3v) is 5.09. The molecule has 0 unspecified atom stereocenters. The number of aromatic nitrogens is 1. The molecular weight excluding hydrogens is 420 g/mol. The van der Waals surface area contributed by atoms with E-state index in [0.29, 0.717) is 31.1 Å². The zero-order valence-electron chi connectivity index (χ0n) is 20.1. The Bertz CT molecular complexity index is 977. The average Bonchev–Trinajstić information content (AvgIpc) is 3.15. The van der Waals surface area contributed by atoms with Crippen molar-refractivity contribution in [3.8, 4) is 0 Å². The lowest BCUT2D eigenvalue weighted by Crippen LogP contribution is -2.44. The topological polar surface area (TPSA) is 88.7 Å². The summed E-state index contributed by atoms with van der Waals surface area (Å²) in [5.41, 5.74) is 1.70. The lowest BCUT2D eigenvalue weighted by molar-refractivity contribution is -0.384. The summed E-state index contributed by atoms with van der Waals surface area (Å²) < 4.78 is 1.99. The molecule has 178 valence electrons. The molecule has 0 N–H and O–H groups in total. The molecule has 0 aliphatic rings. The van der Waals surface area contributed by atoms with E-state index in [2.05, 4.69) is 13.8 Å². The molecule has 1 heterocycles. The number of nitro groups is 1. The molecule has 0 saturated heterocycles. The first-order valence-corrected chi connectivity index (χ1v) is 11.2. The summed E-state index contributed by atoms with van der Waals surface area (Å²) in [6, 6.07) is 9.91. The molecule has 0 aliphatic heterocycles. The largest absolute Gasteiger partial charge is 0.353 e. The van der Waals surface area contributed by atoms with E-state index >= 15 is 0 Å². The molecule has 2 amide bonds. The van der Waals surface area contributed by atoms with Crippen LogP contribution in [0.5, 0.6) is 0 Å². The van der Waals surface area contributed by atoms with Gasteiger partial charge in [-0.2, -0.15) is 0 Å². The van der Waals surface area contributed by atoms with Gasteiger partial charge in [0.1, 0.15) is 6.54 Å². The van der Waals surface area contributed by atoms with Crippen LogP contribution in [0.2, 0.25) is 0 Å². The number of nitrogens with zero attached hydrogens (tertiary/aromatic N) is 4. The van der Waals surface area contributed by atoms with Gasteiger partial charge in [-0.1, -0.05) is 27.7 Å². The van der Waals surface area contributed by atoms with Crippen LogP contribution >= 0.6 is 0 Å². The predicted molar refractivity (Wildman–Crippen MR) is 129 cm³/mol. The standard InChI is InChI=1S/C25H34N4O4/c1-19(2)15-27(17-23-7-6-14-26(23)5)25(31)18-28(16-20(3)4)24(30)13-10-21-8-11-22(12-9-21)29(32)33/h6-14,19-20H,15-18H2,1-5H3/b13-10+. The Morgan fingerprint density at radius 2 is 1.64 bits per heavy atom. The molecule has 8 nitrogen and oxygen atoms in total. The summed E-state index contributed by atoms with van der Waals surface area (Å²) in [6.45, 7) is 9.68. The number of aryl methyl sites for hydroxylation is 1. The molecule has 8 heteroatoms. The van der Waals surface area contributed by atoms with Crippen LogP contribution in [0.3, 0.4) is 0 Å². The zero-order chi connectivity index (χ0) is 24.5. The van der Waals surface area contributed by atoms with Gasteiger partial charge < -0.3 is 14.4 Å². The molecule has 1 aromatic heterocycles. The smallest absolute Gasteiger partial charge is 0.269 e. The monoisotopic (exact) mass is 454 g/mol. The number of carbonyl (C=O) groups excluding carboxylic acids is 2. The third kappa shape index (κ3) is 8.21. The van der Waals surface area contributed by atoms with Crippen molar-refractivity contribution in [2.45, 2.75) is 34.2 Å². The molecular formula is C25H34N4O4. The van der Waals surface area contributed by atoms with Crippen LogP contribution in [0.4, 0.5) is 5.69 Å². The highest BCUT2D eigenvalue weighted by Crippen LogP contribution is 2.14. The lowest BCUT2D eigenvalue weighted by Gasteiger charge is -2.29. The first kappa shape index (κ1) is 25.8. The number of non-ortho nitro benzene ring substituents is 1. The predicted octanol–water partition coefficient (Wildman–Crippen LogP) is 4.12. The molecule has 2 rings (SSSR count). The van der Waals surface area contributed by atoms with E-state index in [0.717, 1.165) is 5.69 Å². The van der Waals surface area contributed by atoms with Crippen molar-refractivity contribution >= 4 is 23.6 Å². The van der Waals surface area contributed by atoms with Gasteiger partial charge in [0.2, 0.25) is 11.8 Å². The molecule has 0 aliphatic carbocycles.